The smallest absolute Gasteiger partial charge is 0.319 e. The van der Waals surface area contributed by atoms with Crippen LogP contribution in [0.15, 0.2) is 54.6 Å². The number of urea groups is 1. The first kappa shape index (κ1) is 17.9. The summed E-state index contributed by atoms with van der Waals surface area (Å²) in [7, 11) is 0. The normalized spacial score (nSPS) is 11.2. The lowest BCUT2D eigenvalue weighted by Crippen LogP contribution is -2.46. The van der Waals surface area contributed by atoms with Crippen LogP contribution in [0.2, 0.25) is 0 Å². The number of nitro groups is 1. The maximum Gasteiger partial charge on any atom is 0.319 e. The van der Waals surface area contributed by atoms with Crippen molar-refractivity contribution in [3.8, 4) is 0 Å². The SMILES string of the molecule is CC(NC(=O)Nc1ccc([N+](=O)[O-])cc1)C(=O)NCc1ccccc1. The first-order valence-corrected chi connectivity index (χ1v) is 7.59. The van der Waals surface area contributed by atoms with Gasteiger partial charge in [0.15, 0.2) is 0 Å². The summed E-state index contributed by atoms with van der Waals surface area (Å²) in [4.78, 5) is 33.9. The first-order valence-electron chi connectivity index (χ1n) is 7.59. The number of benzene rings is 2. The predicted molar refractivity (Wildman–Crippen MR) is 93.0 cm³/mol. The molecule has 3 N–H and O–H groups in total. The van der Waals surface area contributed by atoms with E-state index in [0.717, 1.165) is 5.56 Å². The fourth-order valence-corrected chi connectivity index (χ4v) is 2.03. The minimum Gasteiger partial charge on any atom is -0.350 e. The van der Waals surface area contributed by atoms with Crippen LogP contribution in [0.25, 0.3) is 0 Å². The molecule has 0 aliphatic rings. The molecule has 0 heterocycles. The number of nitrogens with zero attached hydrogens (tertiary/aromatic N) is 1. The highest BCUT2D eigenvalue weighted by molar-refractivity contribution is 5.93. The number of carbonyl (C=O) groups excluding carboxylic acids is 2. The van der Waals surface area contributed by atoms with Crippen molar-refractivity contribution in [1.82, 2.24) is 10.6 Å². The Kier molecular flexibility index (Phi) is 6.05. The van der Waals surface area contributed by atoms with Crippen molar-refractivity contribution in [2.24, 2.45) is 0 Å². The van der Waals surface area contributed by atoms with Gasteiger partial charge in [-0.2, -0.15) is 0 Å². The molecular formula is C17H18N4O4. The van der Waals surface area contributed by atoms with Crippen LogP contribution in [0.3, 0.4) is 0 Å². The average molecular weight is 342 g/mol. The highest BCUT2D eigenvalue weighted by Gasteiger charge is 2.15. The van der Waals surface area contributed by atoms with Crippen molar-refractivity contribution >= 4 is 23.3 Å². The minimum atomic E-state index is -0.734. The Balaban J connectivity index is 1.80. The van der Waals surface area contributed by atoms with Crippen molar-refractivity contribution in [2.45, 2.75) is 19.5 Å². The molecule has 3 amide bonds. The van der Waals surface area contributed by atoms with Gasteiger partial charge in [0.25, 0.3) is 5.69 Å². The Hall–Kier alpha value is -3.42. The lowest BCUT2D eigenvalue weighted by Gasteiger charge is -2.15. The maximum absolute atomic E-state index is 12.0. The topological polar surface area (TPSA) is 113 Å². The molecule has 0 aromatic heterocycles. The van der Waals surface area contributed by atoms with Gasteiger partial charge < -0.3 is 16.0 Å². The maximum atomic E-state index is 12.0. The van der Waals surface area contributed by atoms with Crippen molar-refractivity contribution in [3.05, 3.63) is 70.3 Å². The summed E-state index contributed by atoms with van der Waals surface area (Å²) < 4.78 is 0. The molecule has 1 unspecified atom stereocenters. The van der Waals surface area contributed by atoms with E-state index in [4.69, 9.17) is 0 Å². The zero-order valence-corrected chi connectivity index (χ0v) is 13.6. The fraction of sp³-hybridized carbons (Fsp3) is 0.176. The van der Waals surface area contributed by atoms with E-state index < -0.39 is 17.0 Å². The number of nitrogens with one attached hydrogen (secondary N) is 3. The Morgan fingerprint density at radius 3 is 2.32 bits per heavy atom. The Morgan fingerprint density at radius 1 is 1.08 bits per heavy atom. The third-order valence-electron chi connectivity index (χ3n) is 3.39. The second-order valence-electron chi connectivity index (χ2n) is 5.33. The number of amides is 3. The summed E-state index contributed by atoms with van der Waals surface area (Å²) in [5.41, 5.74) is 1.28. The van der Waals surface area contributed by atoms with Crippen LogP contribution in [-0.2, 0) is 11.3 Å². The fourth-order valence-electron chi connectivity index (χ4n) is 2.03. The molecule has 0 spiro atoms. The first-order chi connectivity index (χ1) is 12.0. The van der Waals surface area contributed by atoms with Crippen LogP contribution in [0.5, 0.6) is 0 Å². The molecule has 8 heteroatoms. The van der Waals surface area contributed by atoms with Crippen molar-refractivity contribution < 1.29 is 14.5 Å². The zero-order chi connectivity index (χ0) is 18.2. The van der Waals surface area contributed by atoms with E-state index in [1.54, 1.807) is 6.92 Å². The molecule has 0 saturated heterocycles. The molecule has 0 bridgehead atoms. The van der Waals surface area contributed by atoms with Gasteiger partial charge >= 0.3 is 6.03 Å². The van der Waals surface area contributed by atoms with E-state index in [1.807, 2.05) is 30.3 Å². The summed E-state index contributed by atoms with van der Waals surface area (Å²) in [5.74, 6) is -0.317. The van der Waals surface area contributed by atoms with Crippen LogP contribution in [0.1, 0.15) is 12.5 Å². The molecule has 0 fully saturated rings. The number of rotatable bonds is 6. The van der Waals surface area contributed by atoms with Gasteiger partial charge in [0, 0.05) is 24.4 Å². The number of hydrogen-bond donors (Lipinski definition) is 3. The summed E-state index contributed by atoms with van der Waals surface area (Å²) in [6.07, 6.45) is 0. The number of nitro benzene ring substituents is 1. The molecule has 0 saturated carbocycles. The van der Waals surface area contributed by atoms with E-state index >= 15 is 0 Å². The lowest BCUT2D eigenvalue weighted by atomic mass is 10.2. The third kappa shape index (κ3) is 5.61. The molecule has 2 rings (SSSR count). The Labute approximate surface area is 144 Å². The van der Waals surface area contributed by atoms with E-state index in [9.17, 15) is 19.7 Å². The van der Waals surface area contributed by atoms with Crippen LogP contribution >= 0.6 is 0 Å². The van der Waals surface area contributed by atoms with Crippen molar-refractivity contribution in [3.63, 3.8) is 0 Å². The zero-order valence-electron chi connectivity index (χ0n) is 13.6. The van der Waals surface area contributed by atoms with E-state index in [0.29, 0.717) is 12.2 Å². The largest absolute Gasteiger partial charge is 0.350 e. The van der Waals surface area contributed by atoms with Gasteiger partial charge in [0.2, 0.25) is 5.91 Å². The quantitative estimate of drug-likeness (QED) is 0.552. The van der Waals surface area contributed by atoms with Crippen LogP contribution < -0.4 is 16.0 Å². The van der Waals surface area contributed by atoms with E-state index in [2.05, 4.69) is 16.0 Å². The number of hydrogen-bond acceptors (Lipinski definition) is 4. The third-order valence-corrected chi connectivity index (χ3v) is 3.39. The second kappa shape index (κ2) is 8.44. The molecule has 0 radical (unpaired) electrons. The number of anilines is 1. The molecule has 0 aliphatic heterocycles. The van der Waals surface area contributed by atoms with Crippen LogP contribution in [-0.4, -0.2) is 22.9 Å². The lowest BCUT2D eigenvalue weighted by molar-refractivity contribution is -0.384. The summed E-state index contributed by atoms with van der Waals surface area (Å²) >= 11 is 0. The second-order valence-corrected chi connectivity index (χ2v) is 5.33. The number of non-ortho nitro benzene ring substituents is 1. The monoisotopic (exact) mass is 342 g/mol. The average Bonchev–Trinajstić information content (AvgIpc) is 2.60. The summed E-state index contributed by atoms with van der Waals surface area (Å²) in [5, 5.41) is 18.3. The van der Waals surface area contributed by atoms with Crippen molar-refractivity contribution in [1.29, 1.82) is 0 Å². The highest BCUT2D eigenvalue weighted by Crippen LogP contribution is 2.15. The summed E-state index contributed by atoms with van der Waals surface area (Å²) in [6, 6.07) is 13.5. The van der Waals surface area contributed by atoms with Gasteiger partial charge in [-0.05, 0) is 24.6 Å². The molecule has 25 heavy (non-hydrogen) atoms. The minimum absolute atomic E-state index is 0.0698. The van der Waals surface area contributed by atoms with Crippen LogP contribution in [0, 0.1) is 10.1 Å². The van der Waals surface area contributed by atoms with Gasteiger partial charge in [-0.1, -0.05) is 30.3 Å². The van der Waals surface area contributed by atoms with Gasteiger partial charge in [0.1, 0.15) is 6.04 Å². The molecule has 2 aromatic rings. The molecule has 2 aromatic carbocycles. The summed E-state index contributed by atoms with van der Waals surface area (Å²) in [6.45, 7) is 1.94. The standard InChI is InChI=1S/C17H18N4O4/c1-12(16(22)18-11-13-5-3-2-4-6-13)19-17(23)20-14-7-9-15(10-8-14)21(24)25/h2-10,12H,11H2,1H3,(H,18,22)(H2,19,20,23). The van der Waals surface area contributed by atoms with E-state index in [-0.39, 0.29) is 11.6 Å². The molecule has 1 atom stereocenters. The van der Waals surface area contributed by atoms with Crippen LogP contribution in [0.4, 0.5) is 16.2 Å². The number of carbonyl (C=O) groups is 2. The Morgan fingerprint density at radius 2 is 1.72 bits per heavy atom. The van der Waals surface area contributed by atoms with E-state index in [1.165, 1.54) is 24.3 Å². The van der Waals surface area contributed by atoms with Gasteiger partial charge in [0.05, 0.1) is 4.92 Å². The van der Waals surface area contributed by atoms with Gasteiger partial charge in [-0.15, -0.1) is 0 Å². The van der Waals surface area contributed by atoms with Crippen molar-refractivity contribution in [2.75, 3.05) is 5.32 Å². The predicted octanol–water partition coefficient (Wildman–Crippen LogP) is 2.42. The van der Waals surface area contributed by atoms with Gasteiger partial charge in [-0.3, -0.25) is 14.9 Å². The highest BCUT2D eigenvalue weighted by atomic mass is 16.6. The molecule has 0 aliphatic carbocycles. The Bertz CT molecular complexity index is 747. The van der Waals surface area contributed by atoms with Gasteiger partial charge in [-0.25, -0.2) is 4.79 Å². The molecule has 8 nitrogen and oxygen atoms in total. The molecular weight excluding hydrogens is 324 g/mol. The molecule has 130 valence electrons.